The second-order valence-corrected chi connectivity index (χ2v) is 14.4. The Hall–Kier alpha value is -5.94. The van der Waals surface area contributed by atoms with E-state index in [1.807, 2.05) is 72.8 Å². The number of hydrogen-bond donors (Lipinski definition) is 0. The van der Waals surface area contributed by atoms with Gasteiger partial charge in [0.15, 0.2) is 17.5 Å². The number of rotatable bonds is 6. The predicted octanol–water partition coefficient (Wildman–Crippen LogP) is -1.50. The highest BCUT2D eigenvalue weighted by atomic mass is 16.3. The smallest absolute Gasteiger partial charge is 0.164 e. The third kappa shape index (κ3) is 6.36. The Bertz CT molecular complexity index is 3170. The Morgan fingerprint density at radius 3 is 1.13 bits per heavy atom. The predicted molar refractivity (Wildman–Crippen MR) is 259 cm³/mol. The minimum Gasteiger partial charge on any atom is -0.456 e. The summed E-state index contributed by atoms with van der Waals surface area (Å²) in [5, 5.41) is 0.567. The summed E-state index contributed by atoms with van der Waals surface area (Å²) in [4.78, 5) is 14.9. The summed E-state index contributed by atoms with van der Waals surface area (Å²) in [6, 6.07) is 36.0. The van der Waals surface area contributed by atoms with Crippen molar-refractivity contribution in [1.29, 1.82) is 0 Å². The van der Waals surface area contributed by atoms with E-state index in [2.05, 4.69) is 36.4 Å². The van der Waals surface area contributed by atoms with E-state index in [0.29, 0.717) is 28.2 Å². The molecule has 9 rings (SSSR count). The van der Waals surface area contributed by atoms with Crippen molar-refractivity contribution >= 4 is 168 Å². The van der Waals surface area contributed by atoms with E-state index in [4.69, 9.17) is 106 Å². The second kappa shape index (κ2) is 15.3. The highest BCUT2D eigenvalue weighted by Gasteiger charge is 2.28. The minimum absolute atomic E-state index is 0.00644. The van der Waals surface area contributed by atoms with Crippen molar-refractivity contribution in [3.8, 4) is 67.5 Å². The summed E-state index contributed by atoms with van der Waals surface area (Å²) in [5.74, 6) is 0.827. The van der Waals surface area contributed by atoms with Crippen molar-refractivity contribution in [3.63, 3.8) is 0 Å². The summed E-state index contributed by atoms with van der Waals surface area (Å²) in [6.45, 7) is 0. The van der Waals surface area contributed by atoms with Crippen LogP contribution in [0.15, 0.2) is 114 Å². The number of fused-ring (bicyclic) bond motifs is 3. The molecule has 2 aromatic heterocycles. The van der Waals surface area contributed by atoms with Crippen LogP contribution in [-0.4, -0.2) is 101 Å². The molecule has 9 aromatic rings. The largest absolute Gasteiger partial charge is 0.456 e. The molecular weight excluding hydrogens is 717 g/mol. The van der Waals surface area contributed by atoms with E-state index in [0.717, 1.165) is 22.3 Å². The van der Waals surface area contributed by atoms with Crippen molar-refractivity contribution in [2.75, 3.05) is 0 Å². The number of aromatic nitrogens is 3. The summed E-state index contributed by atoms with van der Waals surface area (Å²) in [5.41, 5.74) is 6.55. The molecule has 0 bridgehead atoms. The third-order valence-electron chi connectivity index (χ3n) is 10.9. The Balaban J connectivity index is 1.30. The molecule has 60 heavy (non-hydrogen) atoms. The van der Waals surface area contributed by atoms with Gasteiger partial charge in [0.05, 0.1) is 0 Å². The van der Waals surface area contributed by atoms with Crippen molar-refractivity contribution in [2.24, 2.45) is 0 Å². The highest BCUT2D eigenvalue weighted by molar-refractivity contribution is 6.71. The van der Waals surface area contributed by atoms with E-state index < -0.39 is 0 Å². The van der Waals surface area contributed by atoms with Gasteiger partial charge < -0.3 is 4.42 Å². The number of furan rings is 1. The molecule has 22 radical (unpaired) electrons. The van der Waals surface area contributed by atoms with Gasteiger partial charge in [0.25, 0.3) is 0 Å². The lowest BCUT2D eigenvalue weighted by Crippen LogP contribution is -2.55. The minimum atomic E-state index is -0.0136. The van der Waals surface area contributed by atoms with E-state index >= 15 is 0 Å². The molecule has 0 N–H and O–H groups in total. The molecule has 0 saturated carbocycles. The molecule has 0 unspecified atom stereocenters. The van der Waals surface area contributed by atoms with Gasteiger partial charge in [0, 0.05) is 33.0 Å². The average molecular weight is 736 g/mol. The van der Waals surface area contributed by atoms with Gasteiger partial charge in [0.1, 0.15) is 97.5 Å². The van der Waals surface area contributed by atoms with E-state index in [1.165, 1.54) is 0 Å². The molecule has 0 aliphatic rings. The molecule has 0 aliphatic carbocycles. The highest BCUT2D eigenvalue weighted by Crippen LogP contribution is 2.38. The lowest BCUT2D eigenvalue weighted by Gasteiger charge is -2.24. The molecule has 0 spiro atoms. The van der Waals surface area contributed by atoms with Gasteiger partial charge >= 0.3 is 0 Å². The zero-order valence-corrected chi connectivity index (χ0v) is 32.0. The Kier molecular flexibility index (Phi) is 10.1. The van der Waals surface area contributed by atoms with Gasteiger partial charge in [-0.05, 0) is 27.8 Å². The van der Waals surface area contributed by atoms with Crippen molar-refractivity contribution in [2.45, 2.75) is 0 Å². The van der Waals surface area contributed by atoms with Gasteiger partial charge in [0.2, 0.25) is 0 Å². The van der Waals surface area contributed by atoms with Gasteiger partial charge in [-0.2, -0.15) is 0 Å². The second-order valence-electron chi connectivity index (χ2n) is 14.4. The first-order valence-corrected chi connectivity index (χ1v) is 18.6. The van der Waals surface area contributed by atoms with Crippen LogP contribution < -0.4 is 60.1 Å². The number of nitrogens with zero attached hydrogens (tertiary/aromatic N) is 3. The van der Waals surface area contributed by atoms with Crippen LogP contribution in [0, 0.1) is 0 Å². The van der Waals surface area contributed by atoms with Gasteiger partial charge in [-0.3, -0.25) is 0 Å². The molecule has 0 atom stereocenters. The summed E-state index contributed by atoms with van der Waals surface area (Å²) in [6.07, 6.45) is 0. The molecule has 0 fully saturated rings. The van der Waals surface area contributed by atoms with Crippen LogP contribution in [0.3, 0.4) is 0 Å². The standard InChI is InChI=1S/C45H18B11N3O/c46-30-26(31(47)36(52)38(54)35(30)51)28-32(48)34(50)29(25-27-33(49)37(53)39(55)40(56)42(27)60-41(25)28)45-58-43(23-9-5-2-6-10-23)57-44(59-45)24-17-15-22(16-18-24)21-13-11-20(12-14-21)19-7-3-1-4-8-19/h1-18H. The van der Waals surface area contributed by atoms with Crippen LogP contribution in [0.4, 0.5) is 0 Å². The molecule has 15 heteroatoms. The maximum Gasteiger partial charge on any atom is 0.164 e. The van der Waals surface area contributed by atoms with E-state index in [1.54, 1.807) is 0 Å². The molecule has 0 aliphatic heterocycles. The van der Waals surface area contributed by atoms with Crippen LogP contribution >= 0.6 is 0 Å². The van der Waals surface area contributed by atoms with Crippen LogP contribution in [0.1, 0.15) is 0 Å². The first-order valence-electron chi connectivity index (χ1n) is 18.6. The first-order chi connectivity index (χ1) is 28.8. The van der Waals surface area contributed by atoms with Gasteiger partial charge in [-0.15, -0.1) is 27.3 Å². The van der Waals surface area contributed by atoms with E-state index in [9.17, 15) is 0 Å². The van der Waals surface area contributed by atoms with E-state index in [-0.39, 0.29) is 99.2 Å². The molecular formula is C45H18B11N3O. The lowest BCUT2D eigenvalue weighted by atomic mass is 9.58. The Labute approximate surface area is 362 Å². The quantitative estimate of drug-likeness (QED) is 0.196. The van der Waals surface area contributed by atoms with Crippen LogP contribution in [0.25, 0.3) is 89.5 Å². The molecule has 0 saturated heterocycles. The number of benzene rings is 7. The molecule has 7 aromatic carbocycles. The molecule has 4 nitrogen and oxygen atoms in total. The monoisotopic (exact) mass is 737 g/mol. The fourth-order valence-corrected chi connectivity index (χ4v) is 7.60. The molecule has 252 valence electrons. The number of hydrogen-bond acceptors (Lipinski definition) is 4. The van der Waals surface area contributed by atoms with Crippen molar-refractivity contribution < 1.29 is 4.42 Å². The maximum atomic E-state index is 7.08. The SMILES string of the molecule is [B]c1c([B])c([B])c(-c2c([B])c([B])c(-c3nc(-c4ccccc4)nc(-c4ccc(-c5ccc(-c6ccccc6)cc5)cc4)n3)c3c2oc2c([B])c([B])c([B])c([B])c23)c([B])c1[B]. The molecule has 2 heterocycles. The third-order valence-corrected chi connectivity index (χ3v) is 10.9. The van der Waals surface area contributed by atoms with Gasteiger partial charge in [-0.1, -0.05) is 142 Å². The summed E-state index contributed by atoms with van der Waals surface area (Å²) in [7, 11) is 72.1. The van der Waals surface area contributed by atoms with Crippen LogP contribution in [0.2, 0.25) is 0 Å². The summed E-state index contributed by atoms with van der Waals surface area (Å²) >= 11 is 0. The van der Waals surface area contributed by atoms with Crippen molar-refractivity contribution in [3.05, 3.63) is 109 Å². The normalized spacial score (nSPS) is 11.4. The summed E-state index contributed by atoms with van der Waals surface area (Å²) < 4.78 is 6.55. The maximum absolute atomic E-state index is 7.08. The van der Waals surface area contributed by atoms with Crippen LogP contribution in [0.5, 0.6) is 0 Å². The fourth-order valence-electron chi connectivity index (χ4n) is 7.60. The van der Waals surface area contributed by atoms with Gasteiger partial charge in [-0.25, -0.2) is 15.0 Å². The lowest BCUT2D eigenvalue weighted by molar-refractivity contribution is 0.673. The van der Waals surface area contributed by atoms with Crippen molar-refractivity contribution in [1.82, 2.24) is 15.0 Å². The average Bonchev–Trinajstić information content (AvgIpc) is 3.68. The Morgan fingerprint density at radius 1 is 0.267 bits per heavy atom. The van der Waals surface area contributed by atoms with Crippen LogP contribution in [-0.2, 0) is 0 Å². The fraction of sp³-hybridized carbons (Fsp3) is 0. The zero-order valence-electron chi connectivity index (χ0n) is 32.0. The zero-order chi connectivity index (χ0) is 42.1. The first kappa shape index (κ1) is 39.5. The Morgan fingerprint density at radius 2 is 0.617 bits per heavy atom. The topological polar surface area (TPSA) is 51.8 Å². The molecule has 0 amide bonds.